The Labute approximate surface area is 185 Å². The highest BCUT2D eigenvalue weighted by Gasteiger charge is 2.32. The minimum Gasteiger partial charge on any atom is -0.434 e. The third-order valence-corrected chi connectivity index (χ3v) is 5.50. The van der Waals surface area contributed by atoms with Gasteiger partial charge in [-0.3, -0.25) is 9.30 Å². The molecule has 1 aliphatic rings. The summed E-state index contributed by atoms with van der Waals surface area (Å²) in [6.07, 6.45) is -3.80. The molecule has 0 saturated carbocycles. The summed E-state index contributed by atoms with van der Waals surface area (Å²) in [6, 6.07) is 5.35. The summed E-state index contributed by atoms with van der Waals surface area (Å²) in [4.78, 5) is 1.97. The van der Waals surface area contributed by atoms with Gasteiger partial charge in [0.2, 0.25) is 5.95 Å². The first-order valence-electron chi connectivity index (χ1n) is 10.3. The van der Waals surface area contributed by atoms with Gasteiger partial charge in [-0.05, 0) is 36.9 Å². The molecule has 33 heavy (non-hydrogen) atoms. The third kappa shape index (κ3) is 5.00. The molecule has 12 heteroatoms. The molecule has 3 heterocycles. The molecule has 2 atom stereocenters. The summed E-state index contributed by atoms with van der Waals surface area (Å²) < 4.78 is 85.2. The molecular formula is C21H21F6N5O. The van der Waals surface area contributed by atoms with Crippen LogP contribution in [0.5, 0.6) is 5.75 Å². The van der Waals surface area contributed by atoms with Crippen LogP contribution in [0.3, 0.4) is 0 Å². The van der Waals surface area contributed by atoms with Crippen LogP contribution in [0.15, 0.2) is 36.5 Å². The van der Waals surface area contributed by atoms with E-state index in [9.17, 15) is 26.3 Å². The van der Waals surface area contributed by atoms with Crippen molar-refractivity contribution < 1.29 is 31.1 Å². The number of hydrogen-bond donors (Lipinski definition) is 1. The monoisotopic (exact) mass is 473 g/mol. The van der Waals surface area contributed by atoms with Crippen molar-refractivity contribution in [2.45, 2.75) is 38.3 Å². The van der Waals surface area contributed by atoms with Gasteiger partial charge in [-0.15, -0.1) is 10.2 Å². The Kier molecular flexibility index (Phi) is 6.37. The first kappa shape index (κ1) is 23.1. The molecule has 0 amide bonds. The van der Waals surface area contributed by atoms with Crippen LogP contribution in [-0.2, 0) is 6.18 Å². The van der Waals surface area contributed by atoms with Crippen LogP contribution in [-0.4, -0.2) is 58.0 Å². The summed E-state index contributed by atoms with van der Waals surface area (Å²) in [5.74, 6) is -0.360. The van der Waals surface area contributed by atoms with Crippen LogP contribution in [0, 0.1) is 0 Å². The summed E-state index contributed by atoms with van der Waals surface area (Å²) in [6.45, 7) is 0.276. The number of halogens is 6. The van der Waals surface area contributed by atoms with Crippen molar-refractivity contribution in [2.24, 2.45) is 0 Å². The van der Waals surface area contributed by atoms with Crippen molar-refractivity contribution in [3.05, 3.63) is 42.1 Å². The van der Waals surface area contributed by atoms with Crippen LogP contribution < -0.4 is 10.1 Å². The number of hydrogen-bond acceptors (Lipinski definition) is 5. The van der Waals surface area contributed by atoms with Crippen molar-refractivity contribution in [3.63, 3.8) is 0 Å². The number of ether oxygens (including phenoxy) is 1. The zero-order valence-corrected chi connectivity index (χ0v) is 17.5. The van der Waals surface area contributed by atoms with Gasteiger partial charge in [0.05, 0.1) is 11.1 Å². The van der Waals surface area contributed by atoms with E-state index in [-0.39, 0.29) is 23.7 Å². The van der Waals surface area contributed by atoms with Gasteiger partial charge in [-0.25, -0.2) is 4.39 Å². The molecule has 4 rings (SSSR count). The van der Waals surface area contributed by atoms with E-state index < -0.39 is 30.3 Å². The number of nitrogens with one attached hydrogen (secondary N) is 1. The number of likely N-dealkylation sites (tertiary alicyclic amines) is 1. The van der Waals surface area contributed by atoms with Gasteiger partial charge in [-0.1, -0.05) is 6.92 Å². The van der Waals surface area contributed by atoms with Crippen molar-refractivity contribution in [3.8, 4) is 17.0 Å². The maximum absolute atomic E-state index is 14.1. The van der Waals surface area contributed by atoms with E-state index in [0.29, 0.717) is 37.2 Å². The fraction of sp³-hybridized carbons (Fsp3) is 0.429. The maximum atomic E-state index is 14.1. The molecule has 6 nitrogen and oxygen atoms in total. The van der Waals surface area contributed by atoms with Gasteiger partial charge >= 0.3 is 12.8 Å². The van der Waals surface area contributed by atoms with Crippen LogP contribution in [0.25, 0.3) is 16.8 Å². The Bertz CT molecular complexity index is 1120. The molecule has 0 spiro atoms. The molecule has 178 valence electrons. The van der Waals surface area contributed by atoms with Crippen LogP contribution >= 0.6 is 0 Å². The summed E-state index contributed by atoms with van der Waals surface area (Å²) in [5, 5.41) is 11.4. The van der Waals surface area contributed by atoms with E-state index in [1.54, 1.807) is 22.7 Å². The number of nitrogens with zero attached hydrogens (tertiary/aromatic N) is 4. The number of piperidine rings is 1. The number of anilines is 1. The van der Waals surface area contributed by atoms with E-state index in [1.165, 1.54) is 0 Å². The number of likely N-dealkylation sites (N-methyl/N-ethyl adjacent to an activating group) is 1. The second-order valence-corrected chi connectivity index (χ2v) is 7.75. The van der Waals surface area contributed by atoms with Gasteiger partial charge in [0.25, 0.3) is 0 Å². The Morgan fingerprint density at radius 2 is 1.97 bits per heavy atom. The van der Waals surface area contributed by atoms with Gasteiger partial charge in [0, 0.05) is 37.3 Å². The summed E-state index contributed by atoms with van der Waals surface area (Å²) in [5.41, 5.74) is -0.716. The third-order valence-electron chi connectivity index (χ3n) is 5.50. The first-order chi connectivity index (χ1) is 15.7. The SMILES string of the molecule is CCN1C[C@H](F)C[C@@H](Nc2nnc(-c3ccc(C(F)(F)F)cc3OC(F)F)c3cccn23)C1. The van der Waals surface area contributed by atoms with Gasteiger partial charge in [-0.2, -0.15) is 22.0 Å². The van der Waals surface area contributed by atoms with E-state index in [4.69, 9.17) is 0 Å². The zero-order valence-electron chi connectivity index (χ0n) is 17.5. The Hall–Kier alpha value is -3.02. The topological polar surface area (TPSA) is 54.7 Å². The van der Waals surface area contributed by atoms with Crippen LogP contribution in [0.2, 0.25) is 0 Å². The van der Waals surface area contributed by atoms with Gasteiger partial charge in [0.15, 0.2) is 0 Å². The number of fused-ring (bicyclic) bond motifs is 1. The lowest BCUT2D eigenvalue weighted by atomic mass is 10.0. The Balaban J connectivity index is 1.71. The van der Waals surface area contributed by atoms with Crippen molar-refractivity contribution >= 4 is 11.5 Å². The molecule has 3 aromatic rings. The average Bonchev–Trinajstić information content (AvgIpc) is 3.23. The van der Waals surface area contributed by atoms with Crippen molar-refractivity contribution in [1.29, 1.82) is 0 Å². The highest BCUT2D eigenvalue weighted by atomic mass is 19.4. The second-order valence-electron chi connectivity index (χ2n) is 7.75. The fourth-order valence-corrected chi connectivity index (χ4v) is 4.00. The zero-order chi connectivity index (χ0) is 23.8. The maximum Gasteiger partial charge on any atom is 0.416 e. The van der Waals surface area contributed by atoms with Crippen molar-refractivity contribution in [1.82, 2.24) is 19.5 Å². The van der Waals surface area contributed by atoms with Crippen LogP contribution in [0.1, 0.15) is 18.9 Å². The largest absolute Gasteiger partial charge is 0.434 e. The number of rotatable bonds is 6. The van der Waals surface area contributed by atoms with Gasteiger partial charge < -0.3 is 10.1 Å². The number of aromatic nitrogens is 3. The molecular weight excluding hydrogens is 452 g/mol. The quantitative estimate of drug-likeness (QED) is 0.519. The molecule has 2 aromatic heterocycles. The van der Waals surface area contributed by atoms with E-state index in [1.807, 2.05) is 11.8 Å². The predicted octanol–water partition coefficient (Wildman–Crippen LogP) is 4.86. The molecule has 0 radical (unpaired) electrons. The smallest absolute Gasteiger partial charge is 0.416 e. The van der Waals surface area contributed by atoms with Crippen LogP contribution in [0.4, 0.5) is 32.3 Å². The Morgan fingerprint density at radius 3 is 2.67 bits per heavy atom. The van der Waals surface area contributed by atoms with Crippen molar-refractivity contribution in [2.75, 3.05) is 25.0 Å². The van der Waals surface area contributed by atoms with E-state index >= 15 is 0 Å². The molecule has 1 fully saturated rings. The minimum absolute atomic E-state index is 0.0651. The standard InChI is InChI=1S/C21H21F6N5O/c1-2-31-10-13(22)9-14(11-31)28-20-30-29-18(16-4-3-7-32(16)20)15-6-5-12(21(25,26)27)8-17(15)33-19(23)24/h3-8,13-14,19H,2,9-11H2,1H3,(H,28,30)/t13-,14-/m1/s1. The minimum atomic E-state index is -4.73. The van der Waals surface area contributed by atoms with E-state index in [0.717, 1.165) is 12.1 Å². The number of benzene rings is 1. The fourth-order valence-electron chi connectivity index (χ4n) is 4.00. The molecule has 1 aromatic carbocycles. The predicted molar refractivity (Wildman–Crippen MR) is 109 cm³/mol. The summed E-state index contributed by atoms with van der Waals surface area (Å²) >= 11 is 0. The Morgan fingerprint density at radius 1 is 1.18 bits per heavy atom. The molecule has 1 saturated heterocycles. The average molecular weight is 473 g/mol. The first-order valence-corrected chi connectivity index (χ1v) is 10.3. The molecule has 0 aliphatic carbocycles. The second kappa shape index (κ2) is 9.08. The van der Waals surface area contributed by atoms with E-state index in [2.05, 4.69) is 20.3 Å². The highest BCUT2D eigenvalue weighted by molar-refractivity contribution is 5.81. The lowest BCUT2D eigenvalue weighted by molar-refractivity contribution is -0.138. The number of alkyl halides is 6. The molecule has 1 N–H and O–H groups in total. The highest BCUT2D eigenvalue weighted by Crippen LogP contribution is 2.38. The molecule has 1 aliphatic heterocycles. The lowest BCUT2D eigenvalue weighted by Gasteiger charge is -2.34. The van der Waals surface area contributed by atoms with Gasteiger partial charge in [0.1, 0.15) is 17.6 Å². The normalized spacial score (nSPS) is 19.9. The molecule has 0 unspecified atom stereocenters. The molecule has 0 bridgehead atoms. The summed E-state index contributed by atoms with van der Waals surface area (Å²) in [7, 11) is 0. The lowest BCUT2D eigenvalue weighted by Crippen LogP contribution is -2.47.